The number of anilines is 1. The van der Waals surface area contributed by atoms with Crippen LogP contribution in [0.4, 0.5) is 5.13 Å². The Morgan fingerprint density at radius 3 is 2.65 bits per heavy atom. The number of carbonyl (C=O) groups is 1. The molecule has 0 aliphatic rings. The van der Waals surface area contributed by atoms with Gasteiger partial charge in [-0.2, -0.15) is 0 Å². The number of benzene rings is 1. The predicted octanol–water partition coefficient (Wildman–Crippen LogP) is 0.993. The van der Waals surface area contributed by atoms with Gasteiger partial charge in [0.1, 0.15) is 0 Å². The Morgan fingerprint density at radius 1 is 1.41 bits per heavy atom. The maximum Gasteiger partial charge on any atom is 0.180 e. The quantitative estimate of drug-likeness (QED) is 0.877. The number of hydrogen-bond acceptors (Lipinski definition) is 5. The van der Waals surface area contributed by atoms with Gasteiger partial charge in [-0.3, -0.25) is 0 Å². The normalized spacial score (nSPS) is 10.4. The Balaban J connectivity index is 2.43. The lowest BCUT2D eigenvalue weighted by Gasteiger charge is -2.03. The summed E-state index contributed by atoms with van der Waals surface area (Å²) in [4.78, 5) is 15.4. The highest BCUT2D eigenvalue weighted by Crippen LogP contribution is 2.30. The summed E-state index contributed by atoms with van der Waals surface area (Å²) in [6, 6.07) is 7.71. The van der Waals surface area contributed by atoms with Crippen molar-refractivity contribution >= 4 is 22.4 Å². The molecule has 0 unspecified atom stereocenters. The van der Waals surface area contributed by atoms with Gasteiger partial charge in [-0.25, -0.2) is 4.98 Å². The average Bonchev–Trinajstić information content (AvgIpc) is 2.59. The molecular formula is C12H11N2O2S-. The van der Waals surface area contributed by atoms with Crippen molar-refractivity contribution in [2.24, 2.45) is 0 Å². The van der Waals surface area contributed by atoms with Crippen molar-refractivity contribution in [2.45, 2.75) is 13.3 Å². The van der Waals surface area contributed by atoms with Crippen LogP contribution in [-0.4, -0.2) is 11.0 Å². The number of rotatable bonds is 3. The zero-order chi connectivity index (χ0) is 12.4. The number of aliphatic carboxylic acids is 1. The van der Waals surface area contributed by atoms with Gasteiger partial charge in [0, 0.05) is 22.8 Å². The second-order valence-electron chi connectivity index (χ2n) is 3.74. The van der Waals surface area contributed by atoms with E-state index in [0.29, 0.717) is 15.7 Å². The minimum atomic E-state index is -1.12. The molecule has 0 saturated heterocycles. The van der Waals surface area contributed by atoms with Gasteiger partial charge < -0.3 is 15.6 Å². The number of nitrogen functional groups attached to an aromatic ring is 1. The number of thiazole rings is 1. The van der Waals surface area contributed by atoms with E-state index in [-0.39, 0.29) is 6.42 Å². The number of nitrogens with two attached hydrogens (primary N) is 1. The highest BCUT2D eigenvalue weighted by molar-refractivity contribution is 7.15. The molecule has 2 rings (SSSR count). The second-order valence-corrected chi connectivity index (χ2v) is 4.85. The van der Waals surface area contributed by atoms with Crippen molar-refractivity contribution < 1.29 is 9.90 Å². The van der Waals surface area contributed by atoms with E-state index in [1.807, 2.05) is 31.2 Å². The molecule has 1 aromatic heterocycles. The zero-order valence-electron chi connectivity index (χ0n) is 9.27. The summed E-state index contributed by atoms with van der Waals surface area (Å²) in [5, 5.41) is 11.0. The number of carboxylic acids is 1. The fourth-order valence-electron chi connectivity index (χ4n) is 1.56. The fraction of sp³-hybridized carbons (Fsp3) is 0.167. The summed E-state index contributed by atoms with van der Waals surface area (Å²) in [5.41, 5.74) is 8.26. The molecule has 0 fully saturated rings. The molecule has 4 nitrogen and oxygen atoms in total. The van der Waals surface area contributed by atoms with E-state index in [9.17, 15) is 9.90 Å². The van der Waals surface area contributed by atoms with E-state index in [1.165, 1.54) is 11.3 Å². The maximum absolute atomic E-state index is 10.6. The Labute approximate surface area is 103 Å². The van der Waals surface area contributed by atoms with Crippen LogP contribution in [0.2, 0.25) is 0 Å². The van der Waals surface area contributed by atoms with E-state index in [0.717, 1.165) is 11.1 Å². The molecule has 0 saturated carbocycles. The van der Waals surface area contributed by atoms with Gasteiger partial charge in [0.25, 0.3) is 0 Å². The molecule has 0 aliphatic carbocycles. The SMILES string of the molecule is Cc1ccc(-c2nc(N)sc2CC(=O)[O-])cc1. The molecule has 1 heterocycles. The molecule has 0 aliphatic heterocycles. The van der Waals surface area contributed by atoms with Crippen molar-refractivity contribution in [1.29, 1.82) is 0 Å². The molecule has 0 amide bonds. The molecule has 2 aromatic rings. The van der Waals surface area contributed by atoms with Crippen LogP contribution in [0, 0.1) is 6.92 Å². The van der Waals surface area contributed by atoms with Crippen LogP contribution in [0.3, 0.4) is 0 Å². The molecule has 88 valence electrons. The lowest BCUT2D eigenvalue weighted by molar-refractivity contribution is -0.304. The Hall–Kier alpha value is -1.88. The molecule has 2 N–H and O–H groups in total. The summed E-state index contributed by atoms with van der Waals surface area (Å²) in [5.74, 6) is -1.12. The van der Waals surface area contributed by atoms with E-state index in [2.05, 4.69) is 4.98 Å². The number of aromatic nitrogens is 1. The lowest BCUT2D eigenvalue weighted by Crippen LogP contribution is -2.24. The Morgan fingerprint density at radius 2 is 2.06 bits per heavy atom. The third kappa shape index (κ3) is 2.62. The average molecular weight is 247 g/mol. The van der Waals surface area contributed by atoms with Crippen LogP contribution in [0.5, 0.6) is 0 Å². The first-order chi connectivity index (χ1) is 8.06. The van der Waals surface area contributed by atoms with Gasteiger partial charge in [0.15, 0.2) is 5.13 Å². The van der Waals surface area contributed by atoms with Crippen LogP contribution in [0.1, 0.15) is 10.4 Å². The smallest absolute Gasteiger partial charge is 0.180 e. The van der Waals surface area contributed by atoms with Gasteiger partial charge in [-0.1, -0.05) is 29.8 Å². The minimum absolute atomic E-state index is 0.155. The van der Waals surface area contributed by atoms with E-state index < -0.39 is 5.97 Å². The standard InChI is InChI=1S/C12H12N2O2S/c1-7-2-4-8(5-3-7)11-9(6-10(15)16)17-12(13)14-11/h2-5H,6H2,1H3,(H2,13,14)(H,15,16)/p-1. The Kier molecular flexibility index (Phi) is 3.10. The summed E-state index contributed by atoms with van der Waals surface area (Å²) in [7, 11) is 0. The monoisotopic (exact) mass is 247 g/mol. The van der Waals surface area contributed by atoms with Crippen molar-refractivity contribution in [3.63, 3.8) is 0 Å². The third-order valence-corrected chi connectivity index (χ3v) is 3.23. The van der Waals surface area contributed by atoms with Crippen LogP contribution in [0.15, 0.2) is 24.3 Å². The molecule has 0 atom stereocenters. The van der Waals surface area contributed by atoms with Crippen LogP contribution >= 0.6 is 11.3 Å². The summed E-state index contributed by atoms with van der Waals surface area (Å²) < 4.78 is 0. The molecule has 0 spiro atoms. The number of aryl methyl sites for hydroxylation is 1. The minimum Gasteiger partial charge on any atom is -0.550 e. The third-order valence-electron chi connectivity index (χ3n) is 2.34. The van der Waals surface area contributed by atoms with Crippen LogP contribution < -0.4 is 10.8 Å². The van der Waals surface area contributed by atoms with E-state index >= 15 is 0 Å². The first-order valence-corrected chi connectivity index (χ1v) is 5.90. The largest absolute Gasteiger partial charge is 0.550 e. The summed E-state index contributed by atoms with van der Waals surface area (Å²) >= 11 is 1.19. The van der Waals surface area contributed by atoms with Gasteiger partial charge in [-0.05, 0) is 6.92 Å². The maximum atomic E-state index is 10.6. The van der Waals surface area contributed by atoms with Gasteiger partial charge in [-0.15, -0.1) is 11.3 Å². The number of carbonyl (C=O) groups excluding carboxylic acids is 1. The van der Waals surface area contributed by atoms with E-state index in [4.69, 9.17) is 5.73 Å². The fourth-order valence-corrected chi connectivity index (χ4v) is 2.40. The second kappa shape index (κ2) is 4.55. The molecular weight excluding hydrogens is 236 g/mol. The van der Waals surface area contributed by atoms with Crippen molar-refractivity contribution in [1.82, 2.24) is 4.98 Å². The molecule has 0 bridgehead atoms. The van der Waals surface area contributed by atoms with Gasteiger partial charge in [0.2, 0.25) is 0 Å². The Bertz CT molecular complexity index is 546. The van der Waals surface area contributed by atoms with Crippen molar-refractivity contribution in [3.8, 4) is 11.3 Å². The number of nitrogens with zero attached hydrogens (tertiary/aromatic N) is 1. The molecule has 17 heavy (non-hydrogen) atoms. The summed E-state index contributed by atoms with van der Waals surface area (Å²) in [6.07, 6.45) is -0.155. The number of hydrogen-bond donors (Lipinski definition) is 1. The van der Waals surface area contributed by atoms with Crippen molar-refractivity contribution in [2.75, 3.05) is 5.73 Å². The van der Waals surface area contributed by atoms with Crippen LogP contribution in [0.25, 0.3) is 11.3 Å². The molecule has 1 aromatic carbocycles. The molecule has 0 radical (unpaired) electrons. The summed E-state index contributed by atoms with van der Waals surface area (Å²) in [6.45, 7) is 1.99. The predicted molar refractivity (Wildman–Crippen MR) is 65.4 cm³/mol. The molecule has 5 heteroatoms. The van der Waals surface area contributed by atoms with Gasteiger partial charge >= 0.3 is 0 Å². The highest BCUT2D eigenvalue weighted by Gasteiger charge is 2.11. The zero-order valence-corrected chi connectivity index (χ0v) is 10.1. The lowest BCUT2D eigenvalue weighted by atomic mass is 10.1. The highest BCUT2D eigenvalue weighted by atomic mass is 32.1. The van der Waals surface area contributed by atoms with Crippen LogP contribution in [-0.2, 0) is 11.2 Å². The van der Waals surface area contributed by atoms with Crippen molar-refractivity contribution in [3.05, 3.63) is 34.7 Å². The first-order valence-electron chi connectivity index (χ1n) is 5.08. The van der Waals surface area contributed by atoms with Gasteiger partial charge in [0.05, 0.1) is 5.69 Å². The van der Waals surface area contributed by atoms with E-state index in [1.54, 1.807) is 0 Å². The first kappa shape index (κ1) is 11.6. The topological polar surface area (TPSA) is 79.0 Å². The number of carboxylic acid groups (broad SMARTS) is 1.